The summed E-state index contributed by atoms with van der Waals surface area (Å²) in [6, 6.07) is 14.3. The molecule has 142 valence electrons. The van der Waals surface area contributed by atoms with E-state index in [1.165, 1.54) is 0 Å². The standard InChI is InChI=1S/C19H20BrN3O3S/c1-12(2)26-16-9-8-14(11-15(16)20)18(25)21-19(27)23-22-17(24)10-13-6-4-3-5-7-13/h3-9,11-12H,10H2,1-2H3,(H,22,24)(H2,21,23,25,27). The Morgan fingerprint density at radius 1 is 1.11 bits per heavy atom. The molecule has 0 unspecified atom stereocenters. The molecule has 2 amide bonds. The molecule has 3 N–H and O–H groups in total. The maximum Gasteiger partial charge on any atom is 0.257 e. The van der Waals surface area contributed by atoms with Crippen LogP contribution in [0.4, 0.5) is 0 Å². The minimum Gasteiger partial charge on any atom is -0.490 e. The van der Waals surface area contributed by atoms with Crippen LogP contribution in [0.5, 0.6) is 5.75 Å². The zero-order valence-electron chi connectivity index (χ0n) is 14.9. The monoisotopic (exact) mass is 449 g/mol. The molecule has 0 saturated carbocycles. The minimum absolute atomic E-state index is 0.0000380. The summed E-state index contributed by atoms with van der Waals surface area (Å²) in [4.78, 5) is 24.1. The summed E-state index contributed by atoms with van der Waals surface area (Å²) in [5, 5.41) is 2.51. The van der Waals surface area contributed by atoms with E-state index in [0.717, 1.165) is 5.56 Å². The fourth-order valence-corrected chi connectivity index (χ4v) is 2.77. The number of carbonyl (C=O) groups is 2. The van der Waals surface area contributed by atoms with Crippen molar-refractivity contribution in [1.29, 1.82) is 0 Å². The van der Waals surface area contributed by atoms with E-state index >= 15 is 0 Å². The second-order valence-electron chi connectivity index (χ2n) is 5.93. The van der Waals surface area contributed by atoms with Gasteiger partial charge in [0.25, 0.3) is 5.91 Å². The van der Waals surface area contributed by atoms with E-state index < -0.39 is 5.91 Å². The van der Waals surface area contributed by atoms with Crippen molar-refractivity contribution in [3.63, 3.8) is 0 Å². The van der Waals surface area contributed by atoms with Crippen LogP contribution in [-0.4, -0.2) is 23.0 Å². The summed E-state index contributed by atoms with van der Waals surface area (Å²) < 4.78 is 6.28. The summed E-state index contributed by atoms with van der Waals surface area (Å²) in [7, 11) is 0. The highest BCUT2D eigenvalue weighted by atomic mass is 79.9. The Labute approximate surface area is 171 Å². The number of rotatable bonds is 5. The van der Waals surface area contributed by atoms with Crippen LogP contribution < -0.4 is 20.9 Å². The molecule has 2 aromatic rings. The van der Waals surface area contributed by atoms with Gasteiger partial charge in [-0.25, -0.2) is 0 Å². The van der Waals surface area contributed by atoms with E-state index in [1.54, 1.807) is 18.2 Å². The van der Waals surface area contributed by atoms with Gasteiger partial charge >= 0.3 is 0 Å². The van der Waals surface area contributed by atoms with Crippen molar-refractivity contribution in [2.24, 2.45) is 0 Å². The molecule has 0 aliphatic rings. The molecule has 8 heteroatoms. The summed E-state index contributed by atoms with van der Waals surface area (Å²) in [6.45, 7) is 3.84. The molecule has 0 saturated heterocycles. The van der Waals surface area contributed by atoms with Crippen LogP contribution in [0.3, 0.4) is 0 Å². The van der Waals surface area contributed by atoms with Gasteiger partial charge in [0.1, 0.15) is 5.75 Å². The van der Waals surface area contributed by atoms with Gasteiger partial charge in [-0.1, -0.05) is 30.3 Å². The zero-order chi connectivity index (χ0) is 19.8. The van der Waals surface area contributed by atoms with Gasteiger partial charge in [0, 0.05) is 5.56 Å². The van der Waals surface area contributed by atoms with Crippen LogP contribution in [0.2, 0.25) is 0 Å². The molecule has 27 heavy (non-hydrogen) atoms. The van der Waals surface area contributed by atoms with Crippen LogP contribution in [0, 0.1) is 0 Å². The molecule has 2 aromatic carbocycles. The SMILES string of the molecule is CC(C)Oc1ccc(C(=O)NC(=S)NNC(=O)Cc2ccccc2)cc1Br. The fourth-order valence-electron chi connectivity index (χ4n) is 2.15. The lowest BCUT2D eigenvalue weighted by molar-refractivity contribution is -0.121. The first-order valence-electron chi connectivity index (χ1n) is 8.25. The first-order chi connectivity index (χ1) is 12.8. The van der Waals surface area contributed by atoms with Gasteiger partial charge in [-0.2, -0.15) is 0 Å². The average Bonchev–Trinajstić information content (AvgIpc) is 2.62. The first-order valence-corrected chi connectivity index (χ1v) is 9.45. The molecule has 0 atom stereocenters. The van der Waals surface area contributed by atoms with Crippen LogP contribution in [-0.2, 0) is 11.2 Å². The predicted octanol–water partition coefficient (Wildman–Crippen LogP) is 3.11. The van der Waals surface area contributed by atoms with Crippen molar-refractivity contribution >= 4 is 45.1 Å². The van der Waals surface area contributed by atoms with Crippen molar-refractivity contribution in [3.05, 3.63) is 64.1 Å². The molecule has 0 radical (unpaired) electrons. The number of ether oxygens (including phenoxy) is 1. The van der Waals surface area contributed by atoms with Gasteiger partial charge in [0.15, 0.2) is 5.11 Å². The molecule has 0 spiro atoms. The number of nitrogens with one attached hydrogen (secondary N) is 3. The smallest absolute Gasteiger partial charge is 0.257 e. The van der Waals surface area contributed by atoms with E-state index in [4.69, 9.17) is 17.0 Å². The van der Waals surface area contributed by atoms with Crippen LogP contribution in [0.25, 0.3) is 0 Å². The minimum atomic E-state index is -0.401. The van der Waals surface area contributed by atoms with Crippen molar-refractivity contribution in [1.82, 2.24) is 16.2 Å². The lowest BCUT2D eigenvalue weighted by atomic mass is 10.1. The maximum atomic E-state index is 12.3. The lowest BCUT2D eigenvalue weighted by Gasteiger charge is -2.13. The number of hydrogen-bond donors (Lipinski definition) is 3. The molecule has 0 aliphatic heterocycles. The Hall–Kier alpha value is -2.45. The molecule has 0 fully saturated rings. The van der Waals surface area contributed by atoms with Crippen LogP contribution in [0.1, 0.15) is 29.8 Å². The largest absolute Gasteiger partial charge is 0.490 e. The Balaban J connectivity index is 1.83. The summed E-state index contributed by atoms with van der Waals surface area (Å²) in [6.07, 6.45) is 0.228. The van der Waals surface area contributed by atoms with Gasteiger partial charge in [-0.05, 0) is 65.8 Å². The second kappa shape index (κ2) is 10.0. The van der Waals surface area contributed by atoms with Gasteiger partial charge in [0.2, 0.25) is 5.91 Å². The number of carbonyl (C=O) groups excluding carboxylic acids is 2. The van der Waals surface area contributed by atoms with Crippen molar-refractivity contribution in [2.45, 2.75) is 26.4 Å². The van der Waals surface area contributed by atoms with E-state index in [-0.39, 0.29) is 23.5 Å². The predicted molar refractivity (Wildman–Crippen MR) is 111 cm³/mol. The summed E-state index contributed by atoms with van der Waals surface area (Å²) in [5.41, 5.74) is 6.25. The fraction of sp³-hybridized carbons (Fsp3) is 0.211. The number of amides is 2. The maximum absolute atomic E-state index is 12.3. The number of benzene rings is 2. The Morgan fingerprint density at radius 2 is 1.81 bits per heavy atom. The van der Waals surface area contributed by atoms with Crippen LogP contribution in [0.15, 0.2) is 53.0 Å². The van der Waals surface area contributed by atoms with Crippen molar-refractivity contribution in [2.75, 3.05) is 0 Å². The highest BCUT2D eigenvalue weighted by Crippen LogP contribution is 2.26. The molecule has 2 rings (SSSR count). The van der Waals surface area contributed by atoms with E-state index in [2.05, 4.69) is 32.1 Å². The third kappa shape index (κ3) is 6.99. The lowest BCUT2D eigenvalue weighted by Crippen LogP contribution is -2.48. The Bertz CT molecular complexity index is 828. The third-order valence-corrected chi connectivity index (χ3v) is 4.13. The molecule has 0 heterocycles. The second-order valence-corrected chi connectivity index (χ2v) is 7.19. The first kappa shape index (κ1) is 20.9. The number of thiocarbonyl (C=S) groups is 1. The normalized spacial score (nSPS) is 10.2. The van der Waals surface area contributed by atoms with Gasteiger partial charge in [-0.15, -0.1) is 0 Å². The van der Waals surface area contributed by atoms with Crippen LogP contribution >= 0.6 is 28.1 Å². The molecule has 0 aliphatic carbocycles. The van der Waals surface area contributed by atoms with Crippen molar-refractivity contribution in [3.8, 4) is 5.75 Å². The quantitative estimate of drug-likeness (QED) is 0.482. The topological polar surface area (TPSA) is 79.5 Å². The third-order valence-electron chi connectivity index (χ3n) is 3.31. The molecule has 0 aromatic heterocycles. The number of hydrogen-bond acceptors (Lipinski definition) is 4. The highest BCUT2D eigenvalue weighted by Gasteiger charge is 2.12. The van der Waals surface area contributed by atoms with E-state index in [1.807, 2.05) is 44.2 Å². The van der Waals surface area contributed by atoms with E-state index in [0.29, 0.717) is 15.8 Å². The Morgan fingerprint density at radius 3 is 2.44 bits per heavy atom. The Kier molecular flexibility index (Phi) is 7.75. The average molecular weight is 450 g/mol. The van der Waals surface area contributed by atoms with Gasteiger partial charge in [0.05, 0.1) is 17.0 Å². The highest BCUT2D eigenvalue weighted by molar-refractivity contribution is 9.10. The summed E-state index contributed by atoms with van der Waals surface area (Å²) >= 11 is 8.42. The number of hydrazine groups is 1. The van der Waals surface area contributed by atoms with Gasteiger partial charge in [-0.3, -0.25) is 25.8 Å². The zero-order valence-corrected chi connectivity index (χ0v) is 17.3. The number of halogens is 1. The summed E-state index contributed by atoms with van der Waals surface area (Å²) in [5.74, 6) is -0.0206. The molecule has 6 nitrogen and oxygen atoms in total. The van der Waals surface area contributed by atoms with E-state index in [9.17, 15) is 9.59 Å². The van der Waals surface area contributed by atoms with Gasteiger partial charge < -0.3 is 4.74 Å². The molecular formula is C19H20BrN3O3S. The molecule has 0 bridgehead atoms. The van der Waals surface area contributed by atoms with Crippen molar-refractivity contribution < 1.29 is 14.3 Å². The molecular weight excluding hydrogens is 430 g/mol.